The molecule has 5 nitrogen and oxygen atoms in total. The lowest BCUT2D eigenvalue weighted by Crippen LogP contribution is -2.40. The highest BCUT2D eigenvalue weighted by molar-refractivity contribution is 7.10. The number of imide groups is 1. The number of hydrogen-bond donors (Lipinski definition) is 1. The number of amides is 3. The minimum Gasteiger partial charge on any atom is -0.324 e. The molecular weight excluding hydrogens is 286 g/mol. The molecule has 1 unspecified atom stereocenters. The van der Waals surface area contributed by atoms with Crippen molar-refractivity contribution in [1.82, 2.24) is 15.1 Å². The molecule has 3 amide bonds. The lowest BCUT2D eigenvalue weighted by Gasteiger charge is -2.24. The van der Waals surface area contributed by atoms with Gasteiger partial charge in [-0.2, -0.15) is 0 Å². The highest BCUT2D eigenvalue weighted by Crippen LogP contribution is 2.23. The van der Waals surface area contributed by atoms with Crippen molar-refractivity contribution >= 4 is 23.3 Å². The Balaban J connectivity index is 1.82. The van der Waals surface area contributed by atoms with E-state index in [0.717, 1.165) is 13.0 Å². The van der Waals surface area contributed by atoms with E-state index >= 15 is 0 Å². The summed E-state index contributed by atoms with van der Waals surface area (Å²) >= 11 is 1.75. The average Bonchev–Trinajstić information content (AvgIpc) is 3.00. The maximum absolute atomic E-state index is 12.1. The van der Waals surface area contributed by atoms with Crippen molar-refractivity contribution in [3.05, 3.63) is 22.4 Å². The van der Waals surface area contributed by atoms with Gasteiger partial charge >= 0.3 is 6.03 Å². The number of nitrogens with one attached hydrogen (secondary N) is 1. The van der Waals surface area contributed by atoms with Crippen molar-refractivity contribution in [1.29, 1.82) is 0 Å². The average molecular weight is 309 g/mol. The second-order valence-electron chi connectivity index (χ2n) is 6.04. The molecule has 0 spiro atoms. The zero-order valence-electron chi connectivity index (χ0n) is 13.0. The predicted molar refractivity (Wildman–Crippen MR) is 84.3 cm³/mol. The van der Waals surface area contributed by atoms with Gasteiger partial charge in [-0.15, -0.1) is 11.3 Å². The molecular formula is C15H23N3O2S. The van der Waals surface area contributed by atoms with Gasteiger partial charge in [0.25, 0.3) is 5.91 Å². The van der Waals surface area contributed by atoms with Crippen LogP contribution in [0.3, 0.4) is 0 Å². The van der Waals surface area contributed by atoms with Gasteiger partial charge in [0, 0.05) is 24.0 Å². The molecule has 116 valence electrons. The molecule has 1 aromatic heterocycles. The summed E-state index contributed by atoms with van der Waals surface area (Å²) in [6.45, 7) is 6.95. The molecule has 6 heteroatoms. The summed E-state index contributed by atoms with van der Waals surface area (Å²) in [4.78, 5) is 28.7. The quantitative estimate of drug-likeness (QED) is 0.821. The minimum absolute atomic E-state index is 0.138. The van der Waals surface area contributed by atoms with Gasteiger partial charge in [-0.05, 0) is 45.7 Å². The topological polar surface area (TPSA) is 52.6 Å². The van der Waals surface area contributed by atoms with Gasteiger partial charge < -0.3 is 5.32 Å². The van der Waals surface area contributed by atoms with Crippen LogP contribution >= 0.6 is 11.3 Å². The van der Waals surface area contributed by atoms with E-state index in [4.69, 9.17) is 0 Å². The van der Waals surface area contributed by atoms with Gasteiger partial charge in [-0.25, -0.2) is 4.79 Å². The summed E-state index contributed by atoms with van der Waals surface area (Å²) in [7, 11) is 2.07. The number of rotatable bonds is 6. The molecule has 2 rings (SSSR count). The largest absolute Gasteiger partial charge is 0.325 e. The standard InChI is InChI=1S/C15H23N3O2S/c1-11(12-7-5-10-21-12)17(4)8-6-9-18-13(19)15(2,3)16-14(18)20/h5,7,10-11H,6,8-9H2,1-4H3,(H,16,20). The summed E-state index contributed by atoms with van der Waals surface area (Å²) in [6.07, 6.45) is 0.779. The van der Waals surface area contributed by atoms with E-state index in [1.165, 1.54) is 9.78 Å². The van der Waals surface area contributed by atoms with Gasteiger partial charge in [-0.1, -0.05) is 6.07 Å². The number of thiophene rings is 1. The van der Waals surface area contributed by atoms with Gasteiger partial charge in [-0.3, -0.25) is 14.6 Å². The lowest BCUT2D eigenvalue weighted by molar-refractivity contribution is -0.130. The predicted octanol–water partition coefficient (Wildman–Crippen LogP) is 2.46. The zero-order chi connectivity index (χ0) is 15.6. The molecule has 1 aliphatic heterocycles. The molecule has 0 aromatic carbocycles. The highest BCUT2D eigenvalue weighted by Gasteiger charge is 2.43. The summed E-state index contributed by atoms with van der Waals surface area (Å²) in [5, 5.41) is 4.78. The van der Waals surface area contributed by atoms with Gasteiger partial charge in [0.2, 0.25) is 0 Å². The van der Waals surface area contributed by atoms with Gasteiger partial charge in [0.05, 0.1) is 0 Å². The van der Waals surface area contributed by atoms with Crippen LogP contribution in [0.4, 0.5) is 4.79 Å². The fraction of sp³-hybridized carbons (Fsp3) is 0.600. The molecule has 0 saturated carbocycles. The second kappa shape index (κ2) is 6.15. The third-order valence-electron chi connectivity index (χ3n) is 3.95. The van der Waals surface area contributed by atoms with E-state index in [1.807, 2.05) is 0 Å². The molecule has 1 aliphatic rings. The summed E-state index contributed by atoms with van der Waals surface area (Å²) in [6, 6.07) is 4.26. The molecule has 0 aliphatic carbocycles. The molecule has 1 saturated heterocycles. The van der Waals surface area contributed by atoms with E-state index in [2.05, 4.69) is 41.7 Å². The summed E-state index contributed by atoms with van der Waals surface area (Å²) in [5.41, 5.74) is -0.771. The van der Waals surface area contributed by atoms with Crippen LogP contribution in [-0.4, -0.2) is 47.4 Å². The summed E-state index contributed by atoms with van der Waals surface area (Å²) < 4.78 is 0. The first-order valence-corrected chi connectivity index (χ1v) is 8.08. The Kier molecular flexibility index (Phi) is 4.68. The maximum Gasteiger partial charge on any atom is 0.325 e. The number of hydrogen-bond acceptors (Lipinski definition) is 4. The van der Waals surface area contributed by atoms with Crippen molar-refractivity contribution in [2.45, 2.75) is 38.8 Å². The maximum atomic E-state index is 12.1. The van der Waals surface area contributed by atoms with Crippen molar-refractivity contribution in [2.75, 3.05) is 20.1 Å². The Hall–Kier alpha value is -1.40. The number of urea groups is 1. The fourth-order valence-corrected chi connectivity index (χ4v) is 3.29. The highest BCUT2D eigenvalue weighted by atomic mass is 32.1. The Morgan fingerprint density at radius 3 is 2.67 bits per heavy atom. The van der Waals surface area contributed by atoms with Crippen molar-refractivity contribution in [3.63, 3.8) is 0 Å². The smallest absolute Gasteiger partial charge is 0.324 e. The van der Waals surface area contributed by atoms with Crippen LogP contribution in [0.2, 0.25) is 0 Å². The Labute approximate surface area is 129 Å². The molecule has 0 bridgehead atoms. The fourth-order valence-electron chi connectivity index (χ4n) is 2.44. The van der Waals surface area contributed by atoms with Crippen LogP contribution in [0, 0.1) is 0 Å². The van der Waals surface area contributed by atoms with Crippen molar-refractivity contribution in [2.24, 2.45) is 0 Å². The number of carbonyl (C=O) groups excluding carboxylic acids is 2. The molecule has 0 radical (unpaired) electrons. The Morgan fingerprint density at radius 2 is 2.14 bits per heavy atom. The molecule has 2 heterocycles. The zero-order valence-corrected chi connectivity index (χ0v) is 13.9. The van der Waals surface area contributed by atoms with Crippen LogP contribution in [0.25, 0.3) is 0 Å². The molecule has 1 N–H and O–H groups in total. The minimum atomic E-state index is -0.771. The number of carbonyl (C=O) groups is 2. The van der Waals surface area contributed by atoms with Crippen LogP contribution in [-0.2, 0) is 4.79 Å². The van der Waals surface area contributed by atoms with E-state index in [0.29, 0.717) is 12.6 Å². The SMILES string of the molecule is CC(c1cccs1)N(C)CCCN1C(=O)NC(C)(C)C1=O. The Bertz CT molecular complexity index is 513. The van der Waals surface area contributed by atoms with E-state index in [1.54, 1.807) is 25.2 Å². The molecule has 1 aromatic rings. The normalized spacial score (nSPS) is 19.2. The lowest BCUT2D eigenvalue weighted by atomic mass is 10.1. The van der Waals surface area contributed by atoms with E-state index in [9.17, 15) is 9.59 Å². The Morgan fingerprint density at radius 1 is 1.43 bits per heavy atom. The first-order chi connectivity index (χ1) is 9.83. The third-order valence-corrected chi connectivity index (χ3v) is 5.00. The van der Waals surface area contributed by atoms with Crippen LogP contribution in [0.1, 0.15) is 38.1 Å². The third kappa shape index (κ3) is 3.44. The number of nitrogens with zero attached hydrogens (tertiary/aromatic N) is 2. The van der Waals surface area contributed by atoms with Gasteiger partial charge in [0.1, 0.15) is 5.54 Å². The monoisotopic (exact) mass is 309 g/mol. The molecule has 1 fully saturated rings. The van der Waals surface area contributed by atoms with Crippen LogP contribution in [0.5, 0.6) is 0 Å². The first-order valence-electron chi connectivity index (χ1n) is 7.20. The van der Waals surface area contributed by atoms with E-state index in [-0.39, 0.29) is 11.9 Å². The van der Waals surface area contributed by atoms with Crippen molar-refractivity contribution in [3.8, 4) is 0 Å². The van der Waals surface area contributed by atoms with E-state index < -0.39 is 5.54 Å². The second-order valence-corrected chi connectivity index (χ2v) is 7.02. The molecule has 21 heavy (non-hydrogen) atoms. The van der Waals surface area contributed by atoms with Gasteiger partial charge in [0.15, 0.2) is 0 Å². The molecule has 1 atom stereocenters. The summed E-state index contributed by atoms with van der Waals surface area (Å²) in [5.74, 6) is -0.138. The first kappa shape index (κ1) is 16.0. The van der Waals surface area contributed by atoms with Crippen molar-refractivity contribution < 1.29 is 9.59 Å². The van der Waals surface area contributed by atoms with Crippen LogP contribution < -0.4 is 5.32 Å². The van der Waals surface area contributed by atoms with Crippen LogP contribution in [0.15, 0.2) is 17.5 Å².